The molecule has 0 radical (unpaired) electrons. The van der Waals surface area contributed by atoms with Crippen molar-refractivity contribution in [2.24, 2.45) is 5.92 Å². The minimum absolute atomic E-state index is 0.326. The molecule has 1 fully saturated rings. The lowest BCUT2D eigenvalue weighted by Crippen LogP contribution is -2.30. The van der Waals surface area contributed by atoms with E-state index in [0.717, 1.165) is 5.56 Å². The molecular weight excluding hydrogens is 379 g/mol. The van der Waals surface area contributed by atoms with Crippen molar-refractivity contribution >= 4 is 33.9 Å². The van der Waals surface area contributed by atoms with Gasteiger partial charge in [-0.3, -0.25) is 19.3 Å². The van der Waals surface area contributed by atoms with Crippen LogP contribution < -0.4 is 4.90 Å². The number of aryl methyl sites for hydroxylation is 1. The van der Waals surface area contributed by atoms with E-state index in [1.54, 1.807) is 29.6 Å². The maximum absolute atomic E-state index is 13.4. The maximum atomic E-state index is 13.4. The van der Waals surface area contributed by atoms with Crippen LogP contribution in [0.4, 0.5) is 9.52 Å². The lowest BCUT2D eigenvalue weighted by molar-refractivity contribution is -0.135. The quantitative estimate of drug-likeness (QED) is 0.384. The number of benzene rings is 2. The molecule has 0 bridgehead atoms. The predicted molar refractivity (Wildman–Crippen MR) is 103 cm³/mol. The molecule has 28 heavy (non-hydrogen) atoms. The Kier molecular flexibility index (Phi) is 4.60. The number of hydrogen-bond donors (Lipinski definition) is 0. The molecule has 2 aromatic carbocycles. The van der Waals surface area contributed by atoms with Crippen LogP contribution in [-0.4, -0.2) is 22.5 Å². The van der Waals surface area contributed by atoms with Gasteiger partial charge in [0.15, 0.2) is 10.9 Å². The van der Waals surface area contributed by atoms with Crippen molar-refractivity contribution in [2.75, 3.05) is 4.90 Å². The molecule has 1 saturated heterocycles. The summed E-state index contributed by atoms with van der Waals surface area (Å²) in [6.45, 7) is 1.89. The second-order valence-corrected chi connectivity index (χ2v) is 7.43. The van der Waals surface area contributed by atoms with E-state index in [1.165, 1.54) is 46.7 Å². The number of carbonyl (C=O) groups excluding carboxylic acids is 3. The zero-order valence-electron chi connectivity index (χ0n) is 14.8. The third-order valence-electron chi connectivity index (χ3n) is 4.76. The van der Waals surface area contributed by atoms with Gasteiger partial charge in [0.05, 0.1) is 6.04 Å². The maximum Gasteiger partial charge on any atom is 0.297 e. The summed E-state index contributed by atoms with van der Waals surface area (Å²) >= 11 is 1.20. The highest BCUT2D eigenvalue weighted by atomic mass is 32.1. The topological polar surface area (TPSA) is 67.3 Å². The number of amides is 1. The van der Waals surface area contributed by atoms with Gasteiger partial charge < -0.3 is 0 Å². The number of nitrogens with zero attached hydrogens (tertiary/aromatic N) is 2. The molecule has 0 saturated carbocycles. The fourth-order valence-corrected chi connectivity index (χ4v) is 4.05. The van der Waals surface area contributed by atoms with Crippen molar-refractivity contribution in [1.82, 2.24) is 4.98 Å². The molecule has 0 spiro atoms. The second kappa shape index (κ2) is 7.09. The summed E-state index contributed by atoms with van der Waals surface area (Å²) in [5, 5.41) is 2.01. The summed E-state index contributed by atoms with van der Waals surface area (Å²) < 4.78 is 13.4. The van der Waals surface area contributed by atoms with Crippen LogP contribution in [0.1, 0.15) is 27.5 Å². The summed E-state index contributed by atoms with van der Waals surface area (Å²) in [6, 6.07) is 11.4. The Bertz CT molecular complexity index is 1050. The Balaban J connectivity index is 1.83. The monoisotopic (exact) mass is 394 g/mol. The van der Waals surface area contributed by atoms with Crippen LogP contribution in [0.15, 0.2) is 60.1 Å². The zero-order valence-corrected chi connectivity index (χ0v) is 15.7. The summed E-state index contributed by atoms with van der Waals surface area (Å²) in [7, 11) is 0. The molecule has 0 N–H and O–H groups in total. The van der Waals surface area contributed by atoms with E-state index in [-0.39, 0.29) is 0 Å². The first-order valence-electron chi connectivity index (χ1n) is 8.60. The molecule has 1 aliphatic heterocycles. The van der Waals surface area contributed by atoms with Gasteiger partial charge in [-0.2, -0.15) is 0 Å². The molecule has 2 unspecified atom stereocenters. The van der Waals surface area contributed by atoms with Gasteiger partial charge in [-0.1, -0.05) is 42.0 Å². The first-order chi connectivity index (χ1) is 13.5. The van der Waals surface area contributed by atoms with Gasteiger partial charge in [-0.05, 0) is 24.6 Å². The number of carbonyl (C=O) groups is 3. The first kappa shape index (κ1) is 18.2. The van der Waals surface area contributed by atoms with Crippen LogP contribution in [-0.2, 0) is 9.59 Å². The zero-order chi connectivity index (χ0) is 19.8. The Morgan fingerprint density at radius 3 is 2.36 bits per heavy atom. The van der Waals surface area contributed by atoms with E-state index in [2.05, 4.69) is 4.98 Å². The summed E-state index contributed by atoms with van der Waals surface area (Å²) in [4.78, 5) is 44.2. The summed E-state index contributed by atoms with van der Waals surface area (Å²) in [5.41, 5.74) is 1.83. The smallest absolute Gasteiger partial charge is 0.293 e. The van der Waals surface area contributed by atoms with Crippen molar-refractivity contribution in [3.8, 4) is 0 Å². The van der Waals surface area contributed by atoms with E-state index >= 15 is 0 Å². The summed E-state index contributed by atoms with van der Waals surface area (Å²) in [5.74, 6) is -3.66. The number of Topliss-reactive ketones (excluding diaryl/α,β-unsaturated/α-hetero) is 2. The number of ketones is 2. The van der Waals surface area contributed by atoms with Gasteiger partial charge in [0.2, 0.25) is 5.78 Å². The van der Waals surface area contributed by atoms with Crippen LogP contribution in [0.2, 0.25) is 0 Å². The highest BCUT2D eigenvalue weighted by Crippen LogP contribution is 2.41. The molecule has 7 heteroatoms. The number of aromatic nitrogens is 1. The van der Waals surface area contributed by atoms with Crippen molar-refractivity contribution in [2.45, 2.75) is 13.0 Å². The van der Waals surface area contributed by atoms with E-state index in [9.17, 15) is 18.8 Å². The van der Waals surface area contributed by atoms with Crippen molar-refractivity contribution in [3.63, 3.8) is 0 Å². The Labute approximate surface area is 164 Å². The number of hydrogen-bond acceptors (Lipinski definition) is 5. The van der Waals surface area contributed by atoms with Crippen molar-refractivity contribution in [3.05, 3.63) is 82.6 Å². The first-order valence-corrected chi connectivity index (χ1v) is 9.48. The van der Waals surface area contributed by atoms with Crippen LogP contribution in [0.25, 0.3) is 0 Å². The number of rotatable bonds is 4. The highest BCUT2D eigenvalue weighted by Gasteiger charge is 2.53. The molecule has 5 nitrogen and oxygen atoms in total. The SMILES string of the molecule is Cc1ccc(C(=O)C2C(=O)C(=O)N(c3nccs3)C2c2ccc(F)cc2)cc1. The van der Waals surface area contributed by atoms with E-state index in [4.69, 9.17) is 0 Å². The average molecular weight is 394 g/mol. The van der Waals surface area contributed by atoms with Gasteiger partial charge in [-0.25, -0.2) is 9.37 Å². The third-order valence-corrected chi connectivity index (χ3v) is 5.53. The van der Waals surface area contributed by atoms with Crippen LogP contribution in [0, 0.1) is 18.7 Å². The minimum Gasteiger partial charge on any atom is -0.293 e. The van der Waals surface area contributed by atoms with Gasteiger partial charge in [0.1, 0.15) is 11.7 Å². The van der Waals surface area contributed by atoms with Gasteiger partial charge >= 0.3 is 0 Å². The van der Waals surface area contributed by atoms with Crippen molar-refractivity contribution < 1.29 is 18.8 Å². The second-order valence-electron chi connectivity index (χ2n) is 6.56. The van der Waals surface area contributed by atoms with Gasteiger partial charge in [0.25, 0.3) is 5.91 Å². The number of anilines is 1. The van der Waals surface area contributed by atoms with Crippen LogP contribution in [0.3, 0.4) is 0 Å². The fraction of sp³-hybridized carbons (Fsp3) is 0.143. The normalized spacial score (nSPS) is 19.3. The minimum atomic E-state index is -1.22. The molecule has 1 aromatic heterocycles. The largest absolute Gasteiger partial charge is 0.297 e. The molecule has 140 valence electrons. The van der Waals surface area contributed by atoms with Gasteiger partial charge in [-0.15, -0.1) is 11.3 Å². The third kappa shape index (κ3) is 3.03. The number of halogens is 1. The summed E-state index contributed by atoms with van der Waals surface area (Å²) in [6.07, 6.45) is 1.52. The molecule has 3 aromatic rings. The standard InChI is InChI=1S/C21H15FN2O3S/c1-12-2-4-14(5-3-12)18(25)16-17(13-6-8-15(22)9-7-13)24(20(27)19(16)26)21-23-10-11-28-21/h2-11,16-17H,1H3. The van der Waals surface area contributed by atoms with E-state index in [0.29, 0.717) is 16.3 Å². The van der Waals surface area contributed by atoms with Crippen LogP contribution >= 0.6 is 11.3 Å². The molecular formula is C21H15FN2O3S. The highest BCUT2D eigenvalue weighted by molar-refractivity contribution is 7.14. The Morgan fingerprint density at radius 1 is 1.07 bits per heavy atom. The molecule has 2 heterocycles. The predicted octanol–water partition coefficient (Wildman–Crippen LogP) is 3.75. The average Bonchev–Trinajstić information content (AvgIpc) is 3.30. The Hall–Kier alpha value is -3.19. The van der Waals surface area contributed by atoms with E-state index < -0.39 is 35.3 Å². The van der Waals surface area contributed by atoms with Crippen LogP contribution in [0.5, 0.6) is 0 Å². The van der Waals surface area contributed by atoms with Crippen molar-refractivity contribution in [1.29, 1.82) is 0 Å². The lowest BCUT2D eigenvalue weighted by Gasteiger charge is -2.25. The van der Waals surface area contributed by atoms with E-state index in [1.807, 2.05) is 6.92 Å². The Morgan fingerprint density at radius 2 is 1.75 bits per heavy atom. The molecule has 2 atom stereocenters. The fourth-order valence-electron chi connectivity index (χ4n) is 3.37. The molecule has 0 aliphatic carbocycles. The lowest BCUT2D eigenvalue weighted by atomic mass is 9.86. The molecule has 1 aliphatic rings. The number of thiazole rings is 1. The van der Waals surface area contributed by atoms with Gasteiger partial charge in [0, 0.05) is 17.1 Å². The molecule has 4 rings (SSSR count). The molecule has 1 amide bonds.